The number of benzene rings is 4. The van der Waals surface area contributed by atoms with Gasteiger partial charge >= 0.3 is 31.0 Å². The molecular weight excluding hydrogens is 1130 g/mol. The number of aliphatic hydroxyl groups is 2. The Bertz CT molecular complexity index is 3560. The highest BCUT2D eigenvalue weighted by Crippen LogP contribution is 2.44. The lowest BCUT2D eigenvalue weighted by atomic mass is 9.94. The van der Waals surface area contributed by atoms with Gasteiger partial charge in [-0.25, -0.2) is 31.6 Å². The van der Waals surface area contributed by atoms with Crippen LogP contribution in [0.3, 0.4) is 0 Å². The highest BCUT2D eigenvalue weighted by atomic mass is 32.2. The zero-order valence-electron chi connectivity index (χ0n) is 40.1. The maximum atomic E-state index is 13.8. The molecule has 2 aliphatic rings. The van der Waals surface area contributed by atoms with Crippen LogP contribution in [0.4, 0.5) is 87.1 Å². The molecule has 0 saturated heterocycles. The first kappa shape index (κ1) is 58.6. The number of rotatable bonds is 10. The van der Waals surface area contributed by atoms with E-state index in [2.05, 4.69) is 35.4 Å². The number of carboxylic acid groups (broad SMARTS) is 1. The molecule has 422 valence electrons. The van der Waals surface area contributed by atoms with Crippen LogP contribution >= 0.6 is 0 Å². The van der Waals surface area contributed by atoms with E-state index in [4.69, 9.17) is 0 Å². The molecule has 8 rings (SSSR count). The fraction of sp³-hybridized carbons (Fsp3) is 0.234. The lowest BCUT2D eigenvalue weighted by Gasteiger charge is -2.27. The summed E-state index contributed by atoms with van der Waals surface area (Å²) in [5.41, 5.74) is -8.02. The van der Waals surface area contributed by atoms with E-state index in [1.54, 1.807) is 0 Å². The molecule has 0 radical (unpaired) electrons. The normalized spacial score (nSPS) is 15.3. The minimum absolute atomic E-state index is 0.00801. The second-order valence-corrected chi connectivity index (χ2v) is 20.9. The van der Waals surface area contributed by atoms with E-state index in [9.17, 15) is 94.4 Å². The first-order chi connectivity index (χ1) is 36.3. The van der Waals surface area contributed by atoms with Crippen LogP contribution in [0.1, 0.15) is 47.5 Å². The molecule has 2 aromatic heterocycles. The Morgan fingerprint density at radius 2 is 0.911 bits per heavy atom. The van der Waals surface area contributed by atoms with Crippen molar-refractivity contribution in [1.29, 1.82) is 0 Å². The zero-order chi connectivity index (χ0) is 58.6. The number of likely N-dealkylation sites (N-methyl/N-ethyl adjacent to an activating group) is 1. The number of nitrogens with zero attached hydrogens (tertiary/aromatic N) is 4. The molecule has 6 N–H and O–H groups in total. The van der Waals surface area contributed by atoms with Crippen molar-refractivity contribution < 1.29 is 104 Å². The van der Waals surface area contributed by atoms with Crippen molar-refractivity contribution in [2.75, 3.05) is 26.3 Å². The molecule has 2 aliphatic heterocycles. The van der Waals surface area contributed by atoms with Gasteiger partial charge in [-0.15, -0.1) is 26.3 Å². The topological polar surface area (TPSA) is 250 Å². The lowest BCUT2D eigenvalue weighted by molar-refractivity contribution is -0.275. The van der Waals surface area contributed by atoms with Gasteiger partial charge in [0, 0.05) is 18.2 Å². The molecule has 4 heterocycles. The van der Waals surface area contributed by atoms with Crippen molar-refractivity contribution in [3.05, 3.63) is 143 Å². The largest absolute Gasteiger partial charge is 0.573 e. The third kappa shape index (κ3) is 12.6. The molecule has 0 bridgehead atoms. The van der Waals surface area contributed by atoms with Crippen LogP contribution in [0.2, 0.25) is 0 Å². The van der Waals surface area contributed by atoms with Crippen molar-refractivity contribution >= 4 is 66.3 Å². The number of carboxylic acids is 1. The van der Waals surface area contributed by atoms with Gasteiger partial charge in [0.2, 0.25) is 0 Å². The van der Waals surface area contributed by atoms with E-state index in [-0.39, 0.29) is 56.6 Å². The number of ether oxygens (including phenoxy) is 2. The molecule has 32 heteroatoms. The molecule has 0 saturated carbocycles. The third-order valence-electron chi connectivity index (χ3n) is 11.7. The van der Waals surface area contributed by atoms with Gasteiger partial charge in [-0.1, -0.05) is 24.3 Å². The van der Waals surface area contributed by atoms with E-state index < -0.39 is 114 Å². The Balaban J connectivity index is 0.000000229. The monoisotopic (exact) mass is 1170 g/mol. The number of fused-ring (bicyclic) bond motifs is 4. The van der Waals surface area contributed by atoms with Gasteiger partial charge < -0.3 is 40.7 Å². The molecule has 0 spiro atoms. The minimum atomic E-state index is -5.03. The summed E-state index contributed by atoms with van der Waals surface area (Å²) in [5, 5.41) is 38.2. The van der Waals surface area contributed by atoms with Gasteiger partial charge in [-0.05, 0) is 110 Å². The number of hydrogen-bond donors (Lipinski definition) is 6. The van der Waals surface area contributed by atoms with Gasteiger partial charge in [0.1, 0.15) is 34.5 Å². The maximum Gasteiger partial charge on any atom is 0.573 e. The Morgan fingerprint density at radius 1 is 0.557 bits per heavy atom. The molecule has 79 heavy (non-hydrogen) atoms. The van der Waals surface area contributed by atoms with Crippen LogP contribution in [-0.4, -0.2) is 73.8 Å². The first-order valence-electron chi connectivity index (χ1n) is 22.0. The van der Waals surface area contributed by atoms with Crippen LogP contribution in [0.5, 0.6) is 11.5 Å². The van der Waals surface area contributed by atoms with Crippen molar-refractivity contribution in [3.8, 4) is 11.5 Å². The van der Waals surface area contributed by atoms with Gasteiger partial charge in [0.05, 0.1) is 45.6 Å². The average molecular weight is 1170 g/mol. The number of alkyl halides is 12. The van der Waals surface area contributed by atoms with Crippen molar-refractivity contribution in [3.63, 3.8) is 0 Å². The summed E-state index contributed by atoms with van der Waals surface area (Å²) in [6, 6.07) is 16.8. The molecule has 4 aromatic carbocycles. The number of aromatic nitrogens is 2. The molecule has 2 atom stereocenters. The van der Waals surface area contributed by atoms with Gasteiger partial charge in [0.15, 0.2) is 11.2 Å². The number of halogens is 12. The van der Waals surface area contributed by atoms with Crippen molar-refractivity contribution in [2.45, 2.75) is 73.0 Å². The number of aliphatic carboxylic acids is 1. The number of carbonyl (C=O) groups excluding carboxylic acids is 1. The van der Waals surface area contributed by atoms with Gasteiger partial charge in [-0.2, -0.15) is 26.3 Å². The quantitative estimate of drug-likeness (QED) is 0.0700. The zero-order valence-corrected chi connectivity index (χ0v) is 41.7. The van der Waals surface area contributed by atoms with Gasteiger partial charge in [0.25, 0.3) is 26.0 Å². The average Bonchev–Trinajstić information content (AvgIpc) is 3.69. The summed E-state index contributed by atoms with van der Waals surface area (Å²) in [7, 11) is -7.98. The highest BCUT2D eigenvalue weighted by molar-refractivity contribution is 7.93. The third-order valence-corrected chi connectivity index (χ3v) is 15.3. The summed E-state index contributed by atoms with van der Waals surface area (Å²) < 4.78 is 219. The molecule has 0 aliphatic carbocycles. The van der Waals surface area contributed by atoms with E-state index >= 15 is 0 Å². The Kier molecular flexibility index (Phi) is 15.3. The fourth-order valence-corrected chi connectivity index (χ4v) is 10.5. The van der Waals surface area contributed by atoms with Crippen LogP contribution in [-0.2, 0) is 66.3 Å². The second-order valence-electron chi connectivity index (χ2n) is 17.2. The number of sulfonamides is 2. The summed E-state index contributed by atoms with van der Waals surface area (Å²) in [4.78, 5) is 30.1. The molecule has 1 amide bonds. The summed E-state index contributed by atoms with van der Waals surface area (Å²) in [5.74, 6) is -4.51. The number of anilines is 6. The number of nitrogens with one attached hydrogen (secondary N) is 3. The van der Waals surface area contributed by atoms with Crippen molar-refractivity contribution in [1.82, 2.24) is 15.3 Å². The lowest BCUT2D eigenvalue weighted by Crippen LogP contribution is -2.40. The maximum absolute atomic E-state index is 13.8. The standard InChI is InChI=1S/C24H20F6N4O5S.C23H17F6N3O6S/c1-22(36,21(35)31-2)14-4-9-17-18(11-14)34(12-13-3-10-19(23(25,26)27)33-20(13)32-17)40(37,38)16-7-5-15(6-8-16)39-24(28,29)30;1-21(35,20(33)34)13-3-8-16-17(10-13)32(11-12-2-9-18(22(24,25)26)31-19(12)30-16)39(36,37)15-6-4-14(5-7-15)38-23(27,28)29/h3-11,36H,12H2,1-2H3,(H,31,35)(H,32,33);2-10,35H,11H2,1H3,(H,30,31)(H,33,34). The predicted octanol–water partition coefficient (Wildman–Crippen LogP) is 9.15. The first-order valence-corrected chi connectivity index (χ1v) is 24.9. The van der Waals surface area contributed by atoms with Crippen LogP contribution < -0.4 is 34.0 Å². The van der Waals surface area contributed by atoms with Crippen molar-refractivity contribution in [2.24, 2.45) is 0 Å². The van der Waals surface area contributed by atoms with Crippen LogP contribution in [0.15, 0.2) is 119 Å². The minimum Gasteiger partial charge on any atom is -0.479 e. The van der Waals surface area contributed by atoms with Crippen LogP contribution in [0.25, 0.3) is 0 Å². The SMILES string of the molecule is CC(O)(C(=O)O)c1ccc2c(c1)N(S(=O)(=O)c1ccc(OC(F)(F)F)cc1)Cc1ccc(C(F)(F)F)nc1N2.CNC(=O)C(C)(O)c1ccc2c(c1)N(S(=O)(=O)c1ccc(OC(F)(F)F)cc1)Cc1ccc(C(F)(F)F)nc1N2. The molecule has 6 aromatic rings. The Morgan fingerprint density at radius 3 is 1.23 bits per heavy atom. The van der Waals surface area contributed by atoms with E-state index in [1.807, 2.05) is 0 Å². The molecule has 18 nitrogen and oxygen atoms in total. The number of amides is 1. The summed E-state index contributed by atoms with van der Waals surface area (Å²) in [6.45, 7) is 0.921. The smallest absolute Gasteiger partial charge is 0.479 e. The summed E-state index contributed by atoms with van der Waals surface area (Å²) in [6.07, 6.45) is -19.7. The predicted molar refractivity (Wildman–Crippen MR) is 252 cm³/mol. The molecule has 0 fully saturated rings. The number of hydrogen-bond acceptors (Lipinski definition) is 14. The second kappa shape index (κ2) is 20.6. The Hall–Kier alpha value is -8.10. The fourth-order valence-electron chi connectivity index (χ4n) is 7.60. The number of pyridine rings is 2. The summed E-state index contributed by atoms with van der Waals surface area (Å²) >= 11 is 0. The Labute approximate surface area is 438 Å². The number of carbonyl (C=O) groups is 2. The van der Waals surface area contributed by atoms with E-state index in [1.165, 1.54) is 19.2 Å². The highest BCUT2D eigenvalue weighted by Gasteiger charge is 2.41. The van der Waals surface area contributed by atoms with E-state index in [0.717, 1.165) is 103 Å². The molecule has 2 unspecified atom stereocenters. The van der Waals surface area contributed by atoms with Gasteiger partial charge in [-0.3, -0.25) is 13.4 Å². The van der Waals surface area contributed by atoms with E-state index in [0.29, 0.717) is 16.4 Å². The molecular formula is C47H37F12N7O11S2. The van der Waals surface area contributed by atoms with Crippen LogP contribution in [0, 0.1) is 0 Å².